The van der Waals surface area contributed by atoms with Crippen LogP contribution in [-0.2, 0) is 0 Å². The molecule has 1 aromatic heterocycles. The predicted octanol–water partition coefficient (Wildman–Crippen LogP) is 0.923. The van der Waals surface area contributed by atoms with Crippen LogP contribution >= 0.6 is 0 Å². The summed E-state index contributed by atoms with van der Waals surface area (Å²) in [5.41, 5.74) is 0.382. The molecular weight excluding hydrogens is 180 g/mol. The number of rotatable bonds is 4. The van der Waals surface area contributed by atoms with Gasteiger partial charge in [0.25, 0.3) is 5.91 Å². The smallest absolute Gasteiger partial charge is 0.276 e. The monoisotopic (exact) mass is 196 g/mol. The van der Waals surface area contributed by atoms with Crippen LogP contribution in [0.5, 0.6) is 0 Å². The van der Waals surface area contributed by atoms with E-state index in [1.807, 2.05) is 6.92 Å². The lowest BCUT2D eigenvalue weighted by Crippen LogP contribution is -2.34. The molecule has 0 aliphatic carbocycles. The Morgan fingerprint density at radius 1 is 1.64 bits per heavy atom. The van der Waals surface area contributed by atoms with Crippen LogP contribution in [0.25, 0.3) is 0 Å². The first-order valence-electron chi connectivity index (χ1n) is 4.80. The molecule has 1 rings (SSSR count). The number of nitrogens with one attached hydrogen (secondary N) is 1. The van der Waals surface area contributed by atoms with Crippen molar-refractivity contribution in [3.63, 3.8) is 0 Å². The fourth-order valence-corrected chi connectivity index (χ4v) is 1.26. The van der Waals surface area contributed by atoms with E-state index in [0.717, 1.165) is 6.54 Å². The van der Waals surface area contributed by atoms with Gasteiger partial charge in [-0.15, -0.1) is 0 Å². The summed E-state index contributed by atoms with van der Waals surface area (Å²) in [5, 5.41) is 9.82. The minimum absolute atomic E-state index is 0.0602. The van der Waals surface area contributed by atoms with Gasteiger partial charge in [-0.1, -0.05) is 13.8 Å². The van der Waals surface area contributed by atoms with Gasteiger partial charge in [0.1, 0.15) is 0 Å². The molecule has 0 unspecified atom stereocenters. The van der Waals surface area contributed by atoms with Crippen molar-refractivity contribution >= 4 is 5.91 Å². The number of hydrogen-bond acceptors (Lipinski definition) is 3. The number of nitrogens with zero attached hydrogens (tertiary/aromatic N) is 3. The van der Waals surface area contributed by atoms with Crippen LogP contribution in [0.2, 0.25) is 0 Å². The standard InChI is InChI=1S/C9H16N4O/c1-4-13(6-7(2)3)9(14)8-5-10-12-11-8/h5,7H,4,6H2,1-3H3,(H,10,11,12). The molecular formula is C9H16N4O. The van der Waals surface area contributed by atoms with Gasteiger partial charge >= 0.3 is 0 Å². The highest BCUT2D eigenvalue weighted by atomic mass is 16.2. The number of aromatic nitrogens is 3. The van der Waals surface area contributed by atoms with E-state index in [1.165, 1.54) is 6.20 Å². The van der Waals surface area contributed by atoms with E-state index in [1.54, 1.807) is 4.90 Å². The Morgan fingerprint density at radius 3 is 2.79 bits per heavy atom. The summed E-state index contributed by atoms with van der Waals surface area (Å²) in [5.74, 6) is 0.403. The number of carbonyl (C=O) groups is 1. The van der Waals surface area contributed by atoms with Gasteiger partial charge < -0.3 is 4.90 Å². The largest absolute Gasteiger partial charge is 0.337 e. The summed E-state index contributed by atoms with van der Waals surface area (Å²) in [4.78, 5) is 13.5. The fraction of sp³-hybridized carbons (Fsp3) is 0.667. The van der Waals surface area contributed by atoms with Crippen molar-refractivity contribution in [1.82, 2.24) is 20.3 Å². The normalized spacial score (nSPS) is 10.6. The van der Waals surface area contributed by atoms with Crippen molar-refractivity contribution in [1.29, 1.82) is 0 Å². The highest BCUT2D eigenvalue weighted by Gasteiger charge is 2.16. The third-order valence-corrected chi connectivity index (χ3v) is 1.89. The summed E-state index contributed by atoms with van der Waals surface area (Å²) in [6, 6.07) is 0. The summed E-state index contributed by atoms with van der Waals surface area (Å²) in [7, 11) is 0. The second-order valence-corrected chi connectivity index (χ2v) is 3.59. The van der Waals surface area contributed by atoms with E-state index in [0.29, 0.717) is 18.2 Å². The fourth-order valence-electron chi connectivity index (χ4n) is 1.26. The van der Waals surface area contributed by atoms with Crippen molar-refractivity contribution in [2.24, 2.45) is 5.92 Å². The average molecular weight is 196 g/mol. The molecule has 0 saturated carbocycles. The molecule has 0 saturated heterocycles. The number of H-pyrrole nitrogens is 1. The number of aromatic amines is 1. The molecule has 0 radical (unpaired) electrons. The van der Waals surface area contributed by atoms with Crippen LogP contribution in [0.1, 0.15) is 31.3 Å². The molecule has 0 fully saturated rings. The minimum atomic E-state index is -0.0602. The second-order valence-electron chi connectivity index (χ2n) is 3.59. The van der Waals surface area contributed by atoms with Gasteiger partial charge in [-0.05, 0) is 12.8 Å². The summed E-state index contributed by atoms with van der Waals surface area (Å²) < 4.78 is 0. The van der Waals surface area contributed by atoms with Crippen LogP contribution in [0.3, 0.4) is 0 Å². The highest BCUT2D eigenvalue weighted by molar-refractivity contribution is 5.91. The molecule has 0 aromatic carbocycles. The van der Waals surface area contributed by atoms with Crippen LogP contribution in [0, 0.1) is 5.92 Å². The lowest BCUT2D eigenvalue weighted by molar-refractivity contribution is 0.0740. The second kappa shape index (κ2) is 4.74. The number of hydrogen-bond donors (Lipinski definition) is 1. The van der Waals surface area contributed by atoms with Crippen molar-refractivity contribution in [3.05, 3.63) is 11.9 Å². The van der Waals surface area contributed by atoms with E-state index >= 15 is 0 Å². The molecule has 1 amide bonds. The minimum Gasteiger partial charge on any atom is -0.337 e. The first-order valence-corrected chi connectivity index (χ1v) is 4.80. The number of carbonyl (C=O) groups excluding carboxylic acids is 1. The summed E-state index contributed by atoms with van der Waals surface area (Å²) in [6.45, 7) is 7.57. The van der Waals surface area contributed by atoms with E-state index in [2.05, 4.69) is 29.3 Å². The van der Waals surface area contributed by atoms with Crippen LogP contribution in [-0.4, -0.2) is 39.3 Å². The Labute approximate surface area is 83.5 Å². The zero-order valence-corrected chi connectivity index (χ0v) is 8.82. The molecule has 1 heterocycles. The van der Waals surface area contributed by atoms with Crippen molar-refractivity contribution in [2.75, 3.05) is 13.1 Å². The third kappa shape index (κ3) is 2.55. The predicted molar refractivity (Wildman–Crippen MR) is 52.8 cm³/mol. The van der Waals surface area contributed by atoms with Gasteiger partial charge in [-0.3, -0.25) is 4.79 Å². The zero-order valence-electron chi connectivity index (χ0n) is 8.82. The molecule has 0 bridgehead atoms. The van der Waals surface area contributed by atoms with E-state index in [9.17, 15) is 4.79 Å². The van der Waals surface area contributed by atoms with Gasteiger partial charge in [0.05, 0.1) is 6.20 Å². The van der Waals surface area contributed by atoms with Crippen molar-refractivity contribution in [3.8, 4) is 0 Å². The summed E-state index contributed by atoms with van der Waals surface area (Å²) in [6.07, 6.45) is 1.45. The molecule has 5 heteroatoms. The Morgan fingerprint density at radius 2 is 2.36 bits per heavy atom. The molecule has 78 valence electrons. The Bertz CT molecular complexity index is 281. The van der Waals surface area contributed by atoms with Crippen LogP contribution in [0.4, 0.5) is 0 Å². The molecule has 0 aliphatic heterocycles. The SMILES string of the molecule is CCN(CC(C)C)C(=O)c1cn[nH]n1. The molecule has 0 atom stereocenters. The van der Waals surface area contributed by atoms with E-state index in [-0.39, 0.29) is 5.91 Å². The Balaban J connectivity index is 2.66. The third-order valence-electron chi connectivity index (χ3n) is 1.89. The molecule has 14 heavy (non-hydrogen) atoms. The van der Waals surface area contributed by atoms with E-state index < -0.39 is 0 Å². The molecule has 1 aromatic rings. The molecule has 1 N–H and O–H groups in total. The zero-order chi connectivity index (χ0) is 10.6. The summed E-state index contributed by atoms with van der Waals surface area (Å²) >= 11 is 0. The maximum absolute atomic E-state index is 11.8. The first kappa shape index (κ1) is 10.7. The van der Waals surface area contributed by atoms with Gasteiger partial charge in [-0.25, -0.2) is 0 Å². The lowest BCUT2D eigenvalue weighted by Gasteiger charge is -2.21. The van der Waals surface area contributed by atoms with Gasteiger partial charge in [0, 0.05) is 13.1 Å². The van der Waals surface area contributed by atoms with Crippen molar-refractivity contribution < 1.29 is 4.79 Å². The lowest BCUT2D eigenvalue weighted by atomic mass is 10.2. The van der Waals surface area contributed by atoms with Gasteiger partial charge in [0.2, 0.25) is 0 Å². The highest BCUT2D eigenvalue weighted by Crippen LogP contribution is 2.03. The first-order chi connectivity index (χ1) is 6.65. The Kier molecular flexibility index (Phi) is 3.62. The Hall–Kier alpha value is -1.39. The molecule has 0 spiro atoms. The topological polar surface area (TPSA) is 61.9 Å². The van der Waals surface area contributed by atoms with Gasteiger partial charge in [0.15, 0.2) is 5.69 Å². The number of amides is 1. The molecule has 0 aliphatic rings. The maximum Gasteiger partial charge on any atom is 0.276 e. The average Bonchev–Trinajstić information content (AvgIpc) is 2.65. The molecule has 5 nitrogen and oxygen atoms in total. The quantitative estimate of drug-likeness (QED) is 0.779. The van der Waals surface area contributed by atoms with Gasteiger partial charge in [-0.2, -0.15) is 15.4 Å². The van der Waals surface area contributed by atoms with Crippen LogP contribution < -0.4 is 0 Å². The van der Waals surface area contributed by atoms with Crippen LogP contribution in [0.15, 0.2) is 6.20 Å². The van der Waals surface area contributed by atoms with Crippen molar-refractivity contribution in [2.45, 2.75) is 20.8 Å². The maximum atomic E-state index is 11.8. The van der Waals surface area contributed by atoms with E-state index in [4.69, 9.17) is 0 Å².